The molecule has 2 aromatic carbocycles. The third-order valence-electron chi connectivity index (χ3n) is 5.35. The summed E-state index contributed by atoms with van der Waals surface area (Å²) in [5.74, 6) is 2.53. The summed E-state index contributed by atoms with van der Waals surface area (Å²) in [5.41, 5.74) is 2.10. The van der Waals surface area contributed by atoms with Crippen LogP contribution >= 0.6 is 11.6 Å². The second-order valence-corrected chi connectivity index (χ2v) is 7.64. The van der Waals surface area contributed by atoms with Gasteiger partial charge in [-0.05, 0) is 41.8 Å². The van der Waals surface area contributed by atoms with Gasteiger partial charge in [0.25, 0.3) is 0 Å². The fourth-order valence-corrected chi connectivity index (χ4v) is 4.10. The largest absolute Gasteiger partial charge is 0.497 e. The number of nitrogens with zero attached hydrogens (tertiary/aromatic N) is 1. The van der Waals surface area contributed by atoms with Crippen LogP contribution in [0.25, 0.3) is 0 Å². The highest BCUT2D eigenvalue weighted by atomic mass is 35.5. The molecule has 0 saturated carbocycles. The van der Waals surface area contributed by atoms with Gasteiger partial charge in [0.05, 0.1) is 31.8 Å². The first kappa shape index (κ1) is 18.9. The highest BCUT2D eigenvalue weighted by Gasteiger charge is 2.27. The van der Waals surface area contributed by atoms with Crippen LogP contribution in [0.2, 0.25) is 5.02 Å². The van der Waals surface area contributed by atoms with Crippen LogP contribution in [0.15, 0.2) is 36.4 Å². The van der Waals surface area contributed by atoms with Gasteiger partial charge < -0.3 is 19.1 Å². The summed E-state index contributed by atoms with van der Waals surface area (Å²) in [7, 11) is 1.66. The summed E-state index contributed by atoms with van der Waals surface area (Å²) >= 11 is 6.35. The SMILES string of the molecule is COc1ccc(C2CCN(C(=O)Cc3cc(Cl)c4c(c3)OCCCO4)C2)cc1. The normalized spacial score (nSPS) is 18.6. The number of hydrogen-bond acceptors (Lipinski definition) is 4. The predicted molar refractivity (Wildman–Crippen MR) is 108 cm³/mol. The lowest BCUT2D eigenvalue weighted by Gasteiger charge is -2.18. The number of rotatable bonds is 4. The summed E-state index contributed by atoms with van der Waals surface area (Å²) in [5, 5.41) is 0.500. The van der Waals surface area contributed by atoms with E-state index in [0.29, 0.717) is 42.1 Å². The quantitative estimate of drug-likeness (QED) is 0.774. The van der Waals surface area contributed by atoms with E-state index in [0.717, 1.165) is 37.2 Å². The molecule has 148 valence electrons. The minimum absolute atomic E-state index is 0.113. The molecule has 1 amide bonds. The van der Waals surface area contributed by atoms with Gasteiger partial charge in [0, 0.05) is 25.4 Å². The Morgan fingerprint density at radius 2 is 2.00 bits per heavy atom. The van der Waals surface area contributed by atoms with E-state index in [4.69, 9.17) is 25.8 Å². The summed E-state index contributed by atoms with van der Waals surface area (Å²) in [4.78, 5) is 14.8. The number of fused-ring (bicyclic) bond motifs is 1. The molecule has 1 unspecified atom stereocenters. The Kier molecular flexibility index (Phi) is 5.62. The van der Waals surface area contributed by atoms with E-state index in [1.807, 2.05) is 29.2 Å². The van der Waals surface area contributed by atoms with E-state index >= 15 is 0 Å². The number of amides is 1. The summed E-state index contributed by atoms with van der Waals surface area (Å²) in [6.07, 6.45) is 2.10. The molecule has 0 radical (unpaired) electrons. The van der Waals surface area contributed by atoms with E-state index in [-0.39, 0.29) is 5.91 Å². The van der Waals surface area contributed by atoms with Gasteiger partial charge in [-0.3, -0.25) is 4.79 Å². The van der Waals surface area contributed by atoms with E-state index in [9.17, 15) is 4.79 Å². The van der Waals surface area contributed by atoms with Crippen molar-refractivity contribution in [3.63, 3.8) is 0 Å². The zero-order valence-electron chi connectivity index (χ0n) is 15.9. The van der Waals surface area contributed by atoms with Crippen LogP contribution in [0.3, 0.4) is 0 Å². The molecule has 2 aromatic rings. The second-order valence-electron chi connectivity index (χ2n) is 7.23. The Hall–Kier alpha value is -2.40. The fourth-order valence-electron chi connectivity index (χ4n) is 3.81. The molecule has 2 heterocycles. The van der Waals surface area contributed by atoms with Gasteiger partial charge in [-0.2, -0.15) is 0 Å². The van der Waals surface area contributed by atoms with Crippen LogP contribution in [0.1, 0.15) is 29.9 Å². The van der Waals surface area contributed by atoms with Gasteiger partial charge >= 0.3 is 0 Å². The van der Waals surface area contributed by atoms with Crippen molar-refractivity contribution in [2.75, 3.05) is 33.4 Å². The highest BCUT2D eigenvalue weighted by molar-refractivity contribution is 6.32. The molecule has 1 saturated heterocycles. The van der Waals surface area contributed by atoms with Crippen molar-refractivity contribution in [3.05, 3.63) is 52.5 Å². The van der Waals surface area contributed by atoms with Crippen LogP contribution in [-0.4, -0.2) is 44.2 Å². The number of ether oxygens (including phenoxy) is 3. The second kappa shape index (κ2) is 8.31. The van der Waals surface area contributed by atoms with Crippen molar-refractivity contribution >= 4 is 17.5 Å². The van der Waals surface area contributed by atoms with Gasteiger partial charge in [0.2, 0.25) is 5.91 Å². The van der Waals surface area contributed by atoms with Crippen LogP contribution < -0.4 is 14.2 Å². The van der Waals surface area contributed by atoms with Gasteiger partial charge in [-0.1, -0.05) is 23.7 Å². The lowest BCUT2D eigenvalue weighted by atomic mass is 9.98. The van der Waals surface area contributed by atoms with Gasteiger partial charge in [0.1, 0.15) is 5.75 Å². The average Bonchev–Trinajstić information content (AvgIpc) is 3.08. The molecule has 1 fully saturated rings. The number of halogens is 1. The van der Waals surface area contributed by atoms with E-state index in [1.54, 1.807) is 7.11 Å². The van der Waals surface area contributed by atoms with Crippen molar-refractivity contribution in [1.82, 2.24) is 4.90 Å². The lowest BCUT2D eigenvalue weighted by Crippen LogP contribution is -2.29. The lowest BCUT2D eigenvalue weighted by molar-refractivity contribution is -0.129. The zero-order chi connectivity index (χ0) is 19.5. The topological polar surface area (TPSA) is 48.0 Å². The van der Waals surface area contributed by atoms with Crippen LogP contribution in [0.4, 0.5) is 0 Å². The van der Waals surface area contributed by atoms with Crippen LogP contribution in [-0.2, 0) is 11.2 Å². The molecule has 6 heteroatoms. The molecule has 28 heavy (non-hydrogen) atoms. The molecule has 1 atom stereocenters. The van der Waals surface area contributed by atoms with Gasteiger partial charge in [0.15, 0.2) is 11.5 Å². The van der Waals surface area contributed by atoms with Crippen molar-refractivity contribution in [2.24, 2.45) is 0 Å². The Morgan fingerprint density at radius 1 is 1.21 bits per heavy atom. The Balaban J connectivity index is 1.41. The van der Waals surface area contributed by atoms with E-state index < -0.39 is 0 Å². The van der Waals surface area contributed by atoms with Crippen molar-refractivity contribution in [1.29, 1.82) is 0 Å². The van der Waals surface area contributed by atoms with Crippen LogP contribution in [0, 0.1) is 0 Å². The summed E-state index contributed by atoms with van der Waals surface area (Å²) in [6.45, 7) is 2.69. The fraction of sp³-hybridized carbons (Fsp3) is 0.409. The molecular weight excluding hydrogens is 378 g/mol. The molecule has 2 aliphatic rings. The molecule has 0 spiro atoms. The molecule has 0 aliphatic carbocycles. The molecule has 2 aliphatic heterocycles. The van der Waals surface area contributed by atoms with Gasteiger partial charge in [-0.15, -0.1) is 0 Å². The number of carbonyl (C=O) groups is 1. The Labute approximate surface area is 170 Å². The molecule has 0 N–H and O–H groups in total. The maximum absolute atomic E-state index is 12.8. The summed E-state index contributed by atoms with van der Waals surface area (Å²) in [6, 6.07) is 11.8. The maximum atomic E-state index is 12.8. The third-order valence-corrected chi connectivity index (χ3v) is 5.63. The van der Waals surface area contributed by atoms with E-state index in [2.05, 4.69) is 12.1 Å². The number of benzene rings is 2. The number of carbonyl (C=O) groups excluding carboxylic acids is 1. The molecule has 0 bridgehead atoms. The van der Waals surface area contributed by atoms with Crippen molar-refractivity contribution < 1.29 is 19.0 Å². The summed E-state index contributed by atoms with van der Waals surface area (Å²) < 4.78 is 16.6. The molecular formula is C22H24ClNO4. The first-order valence-electron chi connectivity index (χ1n) is 9.64. The van der Waals surface area contributed by atoms with E-state index in [1.165, 1.54) is 5.56 Å². The zero-order valence-corrected chi connectivity index (χ0v) is 16.7. The standard InChI is InChI=1S/C22H24ClNO4/c1-26-18-5-3-16(4-6-18)17-7-8-24(14-17)21(25)13-15-11-19(23)22-20(12-15)27-9-2-10-28-22/h3-6,11-12,17H,2,7-10,13-14H2,1H3. The number of likely N-dealkylation sites (tertiary alicyclic amines) is 1. The molecule has 4 rings (SSSR count). The highest BCUT2D eigenvalue weighted by Crippen LogP contribution is 2.38. The maximum Gasteiger partial charge on any atom is 0.227 e. The average molecular weight is 402 g/mol. The minimum Gasteiger partial charge on any atom is -0.497 e. The molecule has 5 nitrogen and oxygen atoms in total. The monoisotopic (exact) mass is 401 g/mol. The van der Waals surface area contributed by atoms with Crippen molar-refractivity contribution in [2.45, 2.75) is 25.2 Å². The van der Waals surface area contributed by atoms with Gasteiger partial charge in [-0.25, -0.2) is 0 Å². The van der Waals surface area contributed by atoms with Crippen molar-refractivity contribution in [3.8, 4) is 17.2 Å². The van der Waals surface area contributed by atoms with Crippen LogP contribution in [0.5, 0.6) is 17.2 Å². The smallest absolute Gasteiger partial charge is 0.227 e. The third kappa shape index (κ3) is 4.04. The first-order valence-corrected chi connectivity index (χ1v) is 10.0. The Bertz CT molecular complexity index is 852. The number of hydrogen-bond donors (Lipinski definition) is 0. The minimum atomic E-state index is 0.113. The predicted octanol–water partition coefficient (Wildman–Crippen LogP) is 4.07. The Morgan fingerprint density at radius 3 is 2.79 bits per heavy atom. The molecule has 0 aromatic heterocycles. The first-order chi connectivity index (χ1) is 13.6. The number of methoxy groups -OCH3 is 1.